The van der Waals surface area contributed by atoms with Gasteiger partial charge in [0.1, 0.15) is 0 Å². The van der Waals surface area contributed by atoms with Crippen molar-refractivity contribution in [3.8, 4) is 0 Å². The van der Waals surface area contributed by atoms with Crippen molar-refractivity contribution in [3.05, 3.63) is 30.3 Å². The van der Waals surface area contributed by atoms with Crippen LogP contribution in [0.25, 0.3) is 0 Å². The minimum absolute atomic E-state index is 0.175. The summed E-state index contributed by atoms with van der Waals surface area (Å²) < 4.78 is 0. The first-order valence-corrected chi connectivity index (χ1v) is 7.95. The SMILES string of the molecule is CCN(C(=O)CN1CCCC(C(C)N)C1)c1ccccc1. The molecule has 1 aromatic rings. The largest absolute Gasteiger partial charge is 0.328 e. The zero-order valence-corrected chi connectivity index (χ0v) is 13.2. The summed E-state index contributed by atoms with van der Waals surface area (Å²) in [5.74, 6) is 0.687. The summed E-state index contributed by atoms with van der Waals surface area (Å²) in [5, 5.41) is 0. The monoisotopic (exact) mass is 289 g/mol. The molecule has 4 heteroatoms. The number of para-hydroxylation sites is 1. The number of amides is 1. The van der Waals surface area contributed by atoms with Crippen LogP contribution in [-0.2, 0) is 4.79 Å². The Bertz CT molecular complexity index is 447. The van der Waals surface area contributed by atoms with Gasteiger partial charge in [-0.15, -0.1) is 0 Å². The topological polar surface area (TPSA) is 49.6 Å². The summed E-state index contributed by atoms with van der Waals surface area (Å²) in [4.78, 5) is 16.7. The number of piperidine rings is 1. The lowest BCUT2D eigenvalue weighted by Gasteiger charge is -2.35. The molecule has 1 fully saturated rings. The highest BCUT2D eigenvalue weighted by Gasteiger charge is 2.25. The zero-order valence-electron chi connectivity index (χ0n) is 13.2. The van der Waals surface area contributed by atoms with Crippen LogP contribution >= 0.6 is 0 Å². The van der Waals surface area contributed by atoms with Crippen LogP contribution in [0.2, 0.25) is 0 Å². The molecule has 2 N–H and O–H groups in total. The molecule has 0 bridgehead atoms. The van der Waals surface area contributed by atoms with Crippen molar-refractivity contribution in [2.45, 2.75) is 32.7 Å². The van der Waals surface area contributed by atoms with Gasteiger partial charge in [0.05, 0.1) is 6.54 Å². The number of likely N-dealkylation sites (N-methyl/N-ethyl adjacent to an activating group) is 1. The number of nitrogens with zero attached hydrogens (tertiary/aromatic N) is 2. The third kappa shape index (κ3) is 4.29. The van der Waals surface area contributed by atoms with Crippen LogP contribution in [0.4, 0.5) is 5.69 Å². The maximum Gasteiger partial charge on any atom is 0.241 e. The fourth-order valence-corrected chi connectivity index (χ4v) is 3.05. The fraction of sp³-hybridized carbons (Fsp3) is 0.588. The Morgan fingerprint density at radius 2 is 2.14 bits per heavy atom. The van der Waals surface area contributed by atoms with Gasteiger partial charge in [0.25, 0.3) is 0 Å². The molecular formula is C17H27N3O. The smallest absolute Gasteiger partial charge is 0.241 e. The number of benzene rings is 1. The highest BCUT2D eigenvalue weighted by Crippen LogP contribution is 2.19. The molecule has 21 heavy (non-hydrogen) atoms. The number of carbonyl (C=O) groups is 1. The van der Waals surface area contributed by atoms with Crippen molar-refractivity contribution in [3.63, 3.8) is 0 Å². The summed E-state index contributed by atoms with van der Waals surface area (Å²) in [6.45, 7) is 7.22. The van der Waals surface area contributed by atoms with E-state index in [0.717, 1.165) is 25.2 Å². The lowest BCUT2D eigenvalue weighted by Crippen LogP contribution is -2.47. The number of hydrogen-bond donors (Lipinski definition) is 1. The average molecular weight is 289 g/mol. The molecule has 2 unspecified atom stereocenters. The molecule has 0 aromatic heterocycles. The van der Waals surface area contributed by atoms with Gasteiger partial charge in [-0.1, -0.05) is 18.2 Å². The van der Waals surface area contributed by atoms with E-state index in [1.807, 2.05) is 42.2 Å². The van der Waals surface area contributed by atoms with Crippen molar-refractivity contribution < 1.29 is 4.79 Å². The number of rotatable bonds is 5. The van der Waals surface area contributed by atoms with Gasteiger partial charge in [0.15, 0.2) is 0 Å². The van der Waals surface area contributed by atoms with Crippen LogP contribution in [0, 0.1) is 5.92 Å². The highest BCUT2D eigenvalue weighted by atomic mass is 16.2. The van der Waals surface area contributed by atoms with Crippen LogP contribution in [-0.4, -0.2) is 43.0 Å². The van der Waals surface area contributed by atoms with Gasteiger partial charge in [0, 0.05) is 24.8 Å². The molecular weight excluding hydrogens is 262 g/mol. The molecule has 0 saturated carbocycles. The van der Waals surface area contributed by atoms with Crippen molar-refractivity contribution in [2.75, 3.05) is 31.1 Å². The Labute approximate surface area is 127 Å². The molecule has 116 valence electrons. The lowest BCUT2D eigenvalue weighted by atomic mass is 9.92. The van der Waals surface area contributed by atoms with Crippen LogP contribution in [0.15, 0.2) is 30.3 Å². The molecule has 1 aliphatic rings. The molecule has 1 amide bonds. The number of anilines is 1. The van der Waals surface area contributed by atoms with E-state index >= 15 is 0 Å². The maximum absolute atomic E-state index is 12.6. The van der Waals surface area contributed by atoms with Crippen LogP contribution < -0.4 is 10.6 Å². The molecule has 0 radical (unpaired) electrons. The Kier molecular flexibility index (Phi) is 5.76. The minimum Gasteiger partial charge on any atom is -0.328 e. The van der Waals surface area contributed by atoms with Crippen LogP contribution in [0.5, 0.6) is 0 Å². The quantitative estimate of drug-likeness (QED) is 0.903. The van der Waals surface area contributed by atoms with Gasteiger partial charge < -0.3 is 10.6 Å². The van der Waals surface area contributed by atoms with Crippen molar-refractivity contribution >= 4 is 11.6 Å². The van der Waals surface area contributed by atoms with Gasteiger partial charge in [-0.05, 0) is 51.3 Å². The average Bonchev–Trinajstić information content (AvgIpc) is 2.49. The Balaban J connectivity index is 1.96. The third-order valence-electron chi connectivity index (χ3n) is 4.33. The van der Waals surface area contributed by atoms with E-state index in [-0.39, 0.29) is 11.9 Å². The van der Waals surface area contributed by atoms with Crippen LogP contribution in [0.1, 0.15) is 26.7 Å². The zero-order chi connectivity index (χ0) is 15.2. The van der Waals surface area contributed by atoms with Crippen LogP contribution in [0.3, 0.4) is 0 Å². The molecule has 2 atom stereocenters. The maximum atomic E-state index is 12.6. The second-order valence-electron chi connectivity index (χ2n) is 5.97. The molecule has 1 aromatic carbocycles. The molecule has 1 heterocycles. The predicted molar refractivity (Wildman–Crippen MR) is 87.3 cm³/mol. The fourth-order valence-electron chi connectivity index (χ4n) is 3.05. The van der Waals surface area contributed by atoms with E-state index in [4.69, 9.17) is 5.73 Å². The Morgan fingerprint density at radius 3 is 2.76 bits per heavy atom. The number of carbonyl (C=O) groups excluding carboxylic acids is 1. The van der Waals surface area contributed by atoms with E-state index < -0.39 is 0 Å². The second-order valence-corrected chi connectivity index (χ2v) is 5.97. The minimum atomic E-state index is 0.175. The van der Waals surface area contributed by atoms with E-state index in [9.17, 15) is 4.79 Å². The Morgan fingerprint density at radius 1 is 1.43 bits per heavy atom. The van der Waals surface area contributed by atoms with Crippen molar-refractivity contribution in [2.24, 2.45) is 11.7 Å². The van der Waals surface area contributed by atoms with E-state index in [1.165, 1.54) is 6.42 Å². The number of nitrogens with two attached hydrogens (primary N) is 1. The van der Waals surface area contributed by atoms with Gasteiger partial charge in [-0.2, -0.15) is 0 Å². The number of likely N-dealkylation sites (tertiary alicyclic amines) is 1. The van der Waals surface area contributed by atoms with Crippen molar-refractivity contribution in [1.82, 2.24) is 4.90 Å². The van der Waals surface area contributed by atoms with E-state index in [1.54, 1.807) is 0 Å². The highest BCUT2D eigenvalue weighted by molar-refractivity contribution is 5.94. The molecule has 4 nitrogen and oxygen atoms in total. The second kappa shape index (κ2) is 7.57. The first-order valence-electron chi connectivity index (χ1n) is 7.95. The summed E-state index contributed by atoms with van der Waals surface area (Å²) in [5.41, 5.74) is 6.99. The van der Waals surface area contributed by atoms with Gasteiger partial charge in [-0.25, -0.2) is 0 Å². The van der Waals surface area contributed by atoms with Gasteiger partial charge >= 0.3 is 0 Å². The lowest BCUT2D eigenvalue weighted by molar-refractivity contribution is -0.120. The predicted octanol–water partition coefficient (Wildman–Crippen LogP) is 2.10. The van der Waals surface area contributed by atoms with Gasteiger partial charge in [-0.3, -0.25) is 9.69 Å². The molecule has 0 aliphatic carbocycles. The van der Waals surface area contributed by atoms with E-state index in [0.29, 0.717) is 19.0 Å². The number of hydrogen-bond acceptors (Lipinski definition) is 3. The van der Waals surface area contributed by atoms with Gasteiger partial charge in [0.2, 0.25) is 5.91 Å². The summed E-state index contributed by atoms with van der Waals surface area (Å²) in [6, 6.07) is 10.1. The molecule has 0 spiro atoms. The first kappa shape index (κ1) is 16.0. The summed E-state index contributed by atoms with van der Waals surface area (Å²) >= 11 is 0. The summed E-state index contributed by atoms with van der Waals surface area (Å²) in [6.07, 6.45) is 2.31. The molecule has 1 aliphatic heterocycles. The standard InChI is InChI=1S/C17H27N3O/c1-3-20(16-9-5-4-6-10-16)17(21)13-19-11-7-8-15(12-19)14(2)18/h4-6,9-10,14-15H,3,7-8,11-13,18H2,1-2H3. The van der Waals surface area contributed by atoms with E-state index in [2.05, 4.69) is 11.8 Å². The molecule has 2 rings (SSSR count). The Hall–Kier alpha value is -1.39. The normalized spacial score (nSPS) is 21.0. The first-order chi connectivity index (χ1) is 10.1. The summed E-state index contributed by atoms with van der Waals surface area (Å²) in [7, 11) is 0. The molecule has 1 saturated heterocycles. The third-order valence-corrected chi connectivity index (χ3v) is 4.33. The van der Waals surface area contributed by atoms with Crippen molar-refractivity contribution in [1.29, 1.82) is 0 Å².